The van der Waals surface area contributed by atoms with Crippen molar-refractivity contribution in [3.05, 3.63) is 23.5 Å². The highest BCUT2D eigenvalue weighted by Crippen LogP contribution is 2.10. The van der Waals surface area contributed by atoms with Crippen LogP contribution >= 0.6 is 0 Å². The Morgan fingerprint density at radius 2 is 2.00 bits per heavy atom. The van der Waals surface area contributed by atoms with Crippen molar-refractivity contribution < 1.29 is 0 Å². The van der Waals surface area contributed by atoms with Gasteiger partial charge in [-0.15, -0.1) is 0 Å². The molecule has 0 radical (unpaired) electrons. The zero-order valence-electron chi connectivity index (χ0n) is 10.2. The Morgan fingerprint density at radius 3 is 2.53 bits per heavy atom. The fraction of sp³-hybridized carbons (Fsp3) is 0.667. The zero-order chi connectivity index (χ0) is 11.3. The first-order chi connectivity index (χ1) is 7.21. The van der Waals surface area contributed by atoms with Crippen LogP contribution in [-0.4, -0.2) is 29.1 Å². The Balaban J connectivity index is 2.65. The quantitative estimate of drug-likeness (QED) is 0.768. The fourth-order valence-electron chi connectivity index (χ4n) is 1.87. The summed E-state index contributed by atoms with van der Waals surface area (Å²) in [6.45, 7) is 8.39. The third kappa shape index (κ3) is 3.36. The SMILES string of the molecule is CCN(CC)Cc1cc(CCN)n(C)c1. The monoisotopic (exact) mass is 209 g/mol. The van der Waals surface area contributed by atoms with Crippen LogP contribution in [0.5, 0.6) is 0 Å². The van der Waals surface area contributed by atoms with E-state index in [1.165, 1.54) is 11.3 Å². The van der Waals surface area contributed by atoms with E-state index >= 15 is 0 Å². The summed E-state index contributed by atoms with van der Waals surface area (Å²) in [6, 6.07) is 2.27. The minimum atomic E-state index is 0.725. The second-order valence-corrected chi connectivity index (χ2v) is 3.95. The number of nitrogens with zero attached hydrogens (tertiary/aromatic N) is 2. The van der Waals surface area contributed by atoms with E-state index in [-0.39, 0.29) is 0 Å². The molecule has 0 bridgehead atoms. The van der Waals surface area contributed by atoms with Gasteiger partial charge in [-0.1, -0.05) is 13.8 Å². The highest BCUT2D eigenvalue weighted by Gasteiger charge is 2.05. The van der Waals surface area contributed by atoms with Crippen molar-refractivity contribution in [1.82, 2.24) is 9.47 Å². The third-order valence-electron chi connectivity index (χ3n) is 2.87. The summed E-state index contributed by atoms with van der Waals surface area (Å²) in [5.41, 5.74) is 8.29. The second-order valence-electron chi connectivity index (χ2n) is 3.95. The number of rotatable bonds is 6. The smallest absolute Gasteiger partial charge is 0.0248 e. The van der Waals surface area contributed by atoms with Gasteiger partial charge in [0.05, 0.1) is 0 Å². The predicted molar refractivity (Wildman–Crippen MR) is 64.8 cm³/mol. The molecule has 0 aliphatic carbocycles. The van der Waals surface area contributed by atoms with Crippen LogP contribution in [0.3, 0.4) is 0 Å². The first-order valence-corrected chi connectivity index (χ1v) is 5.77. The normalized spacial score (nSPS) is 11.3. The molecule has 0 aliphatic heterocycles. The van der Waals surface area contributed by atoms with E-state index in [9.17, 15) is 0 Å². The Bertz CT molecular complexity index is 287. The van der Waals surface area contributed by atoms with E-state index < -0.39 is 0 Å². The van der Waals surface area contributed by atoms with Crippen molar-refractivity contribution in [3.63, 3.8) is 0 Å². The highest BCUT2D eigenvalue weighted by atomic mass is 15.1. The average molecular weight is 209 g/mol. The first-order valence-electron chi connectivity index (χ1n) is 5.77. The van der Waals surface area contributed by atoms with Gasteiger partial charge in [0.2, 0.25) is 0 Å². The van der Waals surface area contributed by atoms with Gasteiger partial charge in [-0.2, -0.15) is 0 Å². The van der Waals surface area contributed by atoms with Gasteiger partial charge in [0, 0.05) is 25.5 Å². The Kier molecular flexibility index (Phi) is 4.85. The van der Waals surface area contributed by atoms with Crippen LogP contribution in [0.2, 0.25) is 0 Å². The highest BCUT2D eigenvalue weighted by molar-refractivity contribution is 5.18. The summed E-state index contributed by atoms with van der Waals surface area (Å²) < 4.78 is 2.19. The summed E-state index contributed by atoms with van der Waals surface area (Å²) in [5.74, 6) is 0. The first kappa shape index (κ1) is 12.3. The van der Waals surface area contributed by atoms with E-state index in [1.807, 2.05) is 0 Å². The van der Waals surface area contributed by atoms with Crippen molar-refractivity contribution in [3.8, 4) is 0 Å². The lowest BCUT2D eigenvalue weighted by Gasteiger charge is -2.16. The fourth-order valence-corrected chi connectivity index (χ4v) is 1.87. The predicted octanol–water partition coefficient (Wildman–Crippen LogP) is 1.37. The molecule has 1 aromatic heterocycles. The number of hydrogen-bond acceptors (Lipinski definition) is 2. The molecule has 1 aromatic rings. The van der Waals surface area contributed by atoms with Crippen molar-refractivity contribution in [2.45, 2.75) is 26.8 Å². The topological polar surface area (TPSA) is 34.2 Å². The lowest BCUT2D eigenvalue weighted by molar-refractivity contribution is 0.296. The molecule has 0 atom stereocenters. The van der Waals surface area contributed by atoms with Gasteiger partial charge in [-0.3, -0.25) is 4.90 Å². The molecule has 2 N–H and O–H groups in total. The van der Waals surface area contributed by atoms with Crippen molar-refractivity contribution in [2.24, 2.45) is 12.8 Å². The molecule has 0 aromatic carbocycles. The lowest BCUT2D eigenvalue weighted by atomic mass is 10.2. The van der Waals surface area contributed by atoms with Crippen LogP contribution < -0.4 is 5.73 Å². The largest absolute Gasteiger partial charge is 0.354 e. The Hall–Kier alpha value is -0.800. The lowest BCUT2D eigenvalue weighted by Crippen LogP contribution is -2.21. The summed E-state index contributed by atoms with van der Waals surface area (Å²) in [5, 5.41) is 0. The van der Waals surface area contributed by atoms with Gasteiger partial charge >= 0.3 is 0 Å². The van der Waals surface area contributed by atoms with Gasteiger partial charge in [0.25, 0.3) is 0 Å². The molecule has 0 aliphatic rings. The molecular weight excluding hydrogens is 186 g/mol. The van der Waals surface area contributed by atoms with Crippen LogP contribution in [0, 0.1) is 0 Å². The minimum Gasteiger partial charge on any atom is -0.354 e. The van der Waals surface area contributed by atoms with Crippen molar-refractivity contribution >= 4 is 0 Å². The molecule has 86 valence electrons. The Morgan fingerprint density at radius 1 is 1.33 bits per heavy atom. The number of nitrogens with two attached hydrogens (primary N) is 1. The summed E-state index contributed by atoms with van der Waals surface area (Å²) in [4.78, 5) is 2.42. The van der Waals surface area contributed by atoms with Crippen LogP contribution in [0.15, 0.2) is 12.3 Å². The standard InChI is InChI=1S/C12H23N3/c1-4-15(5-2)10-11-8-12(6-7-13)14(3)9-11/h8-9H,4-7,10,13H2,1-3H3. The molecule has 0 spiro atoms. The van der Waals surface area contributed by atoms with E-state index in [0.717, 1.165) is 32.6 Å². The van der Waals surface area contributed by atoms with Gasteiger partial charge < -0.3 is 10.3 Å². The van der Waals surface area contributed by atoms with Crippen molar-refractivity contribution in [2.75, 3.05) is 19.6 Å². The maximum Gasteiger partial charge on any atom is 0.0248 e. The molecule has 0 amide bonds. The van der Waals surface area contributed by atoms with E-state index in [2.05, 4.69) is 42.6 Å². The minimum absolute atomic E-state index is 0.725. The van der Waals surface area contributed by atoms with E-state index in [1.54, 1.807) is 0 Å². The van der Waals surface area contributed by atoms with Gasteiger partial charge in [0.1, 0.15) is 0 Å². The van der Waals surface area contributed by atoms with Crippen LogP contribution in [0.25, 0.3) is 0 Å². The summed E-state index contributed by atoms with van der Waals surface area (Å²) >= 11 is 0. The van der Waals surface area contributed by atoms with E-state index in [0.29, 0.717) is 0 Å². The molecule has 3 heteroatoms. The maximum atomic E-state index is 5.57. The molecule has 1 heterocycles. The Labute approximate surface area is 92.9 Å². The summed E-state index contributed by atoms with van der Waals surface area (Å²) in [6.07, 6.45) is 3.18. The number of aryl methyl sites for hydroxylation is 1. The van der Waals surface area contributed by atoms with Gasteiger partial charge in [0.15, 0.2) is 0 Å². The number of aromatic nitrogens is 1. The maximum absolute atomic E-state index is 5.57. The summed E-state index contributed by atoms with van der Waals surface area (Å²) in [7, 11) is 2.09. The van der Waals surface area contributed by atoms with Crippen molar-refractivity contribution in [1.29, 1.82) is 0 Å². The molecule has 3 nitrogen and oxygen atoms in total. The van der Waals surface area contributed by atoms with E-state index in [4.69, 9.17) is 5.73 Å². The molecule has 15 heavy (non-hydrogen) atoms. The van der Waals surface area contributed by atoms with Crippen LogP contribution in [0.4, 0.5) is 0 Å². The van der Waals surface area contributed by atoms with Gasteiger partial charge in [-0.25, -0.2) is 0 Å². The molecule has 1 rings (SSSR count). The van der Waals surface area contributed by atoms with Gasteiger partial charge in [-0.05, 0) is 37.7 Å². The average Bonchev–Trinajstić information content (AvgIpc) is 2.57. The zero-order valence-corrected chi connectivity index (χ0v) is 10.2. The molecule has 0 unspecified atom stereocenters. The number of hydrogen-bond donors (Lipinski definition) is 1. The molecule has 0 saturated heterocycles. The molecule has 0 saturated carbocycles. The molecular formula is C12H23N3. The van der Waals surface area contributed by atoms with Crippen LogP contribution in [0.1, 0.15) is 25.1 Å². The molecule has 0 fully saturated rings. The third-order valence-corrected chi connectivity index (χ3v) is 2.87. The van der Waals surface area contributed by atoms with Crippen LogP contribution in [-0.2, 0) is 20.0 Å². The second kappa shape index (κ2) is 5.93.